The summed E-state index contributed by atoms with van der Waals surface area (Å²) in [5.41, 5.74) is 2.82. The minimum atomic E-state index is -2.56. The Labute approximate surface area is 215 Å². The van der Waals surface area contributed by atoms with E-state index in [1.165, 1.54) is 30.5 Å². The van der Waals surface area contributed by atoms with Crippen molar-refractivity contribution in [3.8, 4) is 17.3 Å². The maximum atomic E-state index is 15.0. The smallest absolute Gasteiger partial charge is 0.229 e. The highest BCUT2D eigenvalue weighted by molar-refractivity contribution is 7.69. The molecule has 0 radical (unpaired) electrons. The fourth-order valence-electron chi connectivity index (χ4n) is 3.43. The molecule has 0 atom stereocenters. The van der Waals surface area contributed by atoms with Gasteiger partial charge in [0.15, 0.2) is 5.82 Å². The minimum absolute atomic E-state index is 0.0204. The molecule has 6 nitrogen and oxygen atoms in total. The Kier molecular flexibility index (Phi) is 8.85. The summed E-state index contributed by atoms with van der Waals surface area (Å²) in [6, 6.07) is 10.5. The molecule has 0 aliphatic carbocycles. The summed E-state index contributed by atoms with van der Waals surface area (Å²) in [5.74, 6) is -1.08. The van der Waals surface area contributed by atoms with Crippen LogP contribution < -0.4 is 10.8 Å². The number of nitrogens with zero attached hydrogens (tertiary/aromatic N) is 4. The number of aryl methyl sites for hydroxylation is 1. The molecule has 192 valence electrons. The Morgan fingerprint density at radius 3 is 2.38 bits per heavy atom. The van der Waals surface area contributed by atoms with Gasteiger partial charge in [-0.15, -0.1) is 0 Å². The molecule has 0 bridgehead atoms. The van der Waals surface area contributed by atoms with Crippen molar-refractivity contribution in [2.75, 3.05) is 25.6 Å². The lowest BCUT2D eigenvalue weighted by Crippen LogP contribution is -2.08. The SMILES string of the molecule is Cc1nc2cc(F)c(-c3ccc(P(C)(C)=O)nc3)nc2c(NCc2cc(C#N)ccc2F)c1Cl.FCF. The number of alkyl halides is 2. The molecular weight excluding hydrogens is 529 g/mol. The summed E-state index contributed by atoms with van der Waals surface area (Å²) in [5, 5.41) is 12.4. The van der Waals surface area contributed by atoms with E-state index in [0.717, 1.165) is 0 Å². The van der Waals surface area contributed by atoms with Crippen LogP contribution in [0.25, 0.3) is 22.3 Å². The van der Waals surface area contributed by atoms with Gasteiger partial charge >= 0.3 is 0 Å². The fraction of sp³-hybridized carbons (Fsp3) is 0.200. The fourth-order valence-corrected chi connectivity index (χ4v) is 4.40. The summed E-state index contributed by atoms with van der Waals surface area (Å²) in [6.45, 7) is 3.15. The molecular formula is C25H21ClF4N5OP. The van der Waals surface area contributed by atoms with Crippen molar-refractivity contribution in [1.82, 2.24) is 15.0 Å². The number of rotatable bonds is 5. The van der Waals surface area contributed by atoms with Gasteiger partial charge in [-0.25, -0.2) is 27.5 Å². The zero-order valence-electron chi connectivity index (χ0n) is 20.0. The molecule has 0 aliphatic heterocycles. The van der Waals surface area contributed by atoms with E-state index in [1.54, 1.807) is 32.4 Å². The molecule has 0 fully saturated rings. The molecule has 0 unspecified atom stereocenters. The Balaban J connectivity index is 0.00000121. The molecule has 12 heteroatoms. The minimum Gasteiger partial charge on any atom is -0.378 e. The van der Waals surface area contributed by atoms with E-state index in [0.29, 0.717) is 33.5 Å². The van der Waals surface area contributed by atoms with E-state index in [4.69, 9.17) is 16.9 Å². The molecule has 3 heterocycles. The van der Waals surface area contributed by atoms with E-state index in [2.05, 4.69) is 20.3 Å². The van der Waals surface area contributed by atoms with Gasteiger partial charge in [-0.2, -0.15) is 5.26 Å². The third-order valence-electron chi connectivity index (χ3n) is 5.22. The number of nitrogens with one attached hydrogen (secondary N) is 1. The van der Waals surface area contributed by atoms with Crippen LogP contribution in [0.4, 0.5) is 23.2 Å². The molecule has 3 aromatic heterocycles. The van der Waals surface area contributed by atoms with Crippen LogP contribution in [-0.2, 0) is 11.1 Å². The highest BCUT2D eigenvalue weighted by Crippen LogP contribution is 2.36. The number of nitriles is 1. The van der Waals surface area contributed by atoms with E-state index in [9.17, 15) is 22.1 Å². The highest BCUT2D eigenvalue weighted by Gasteiger charge is 2.19. The van der Waals surface area contributed by atoms with Crippen molar-refractivity contribution in [1.29, 1.82) is 5.26 Å². The molecule has 0 spiro atoms. The average molecular weight is 550 g/mol. The van der Waals surface area contributed by atoms with Gasteiger partial charge in [-0.3, -0.25) is 4.98 Å². The van der Waals surface area contributed by atoms with Gasteiger partial charge in [0.2, 0.25) is 6.93 Å². The molecule has 0 amide bonds. The van der Waals surface area contributed by atoms with E-state index < -0.39 is 25.7 Å². The number of halogens is 5. The Bertz CT molecular complexity index is 1540. The lowest BCUT2D eigenvalue weighted by Gasteiger charge is -2.15. The summed E-state index contributed by atoms with van der Waals surface area (Å²) in [4.78, 5) is 13.0. The predicted molar refractivity (Wildman–Crippen MR) is 137 cm³/mol. The van der Waals surface area contributed by atoms with Crippen molar-refractivity contribution < 1.29 is 22.1 Å². The monoisotopic (exact) mass is 549 g/mol. The van der Waals surface area contributed by atoms with Crippen LogP contribution in [0.2, 0.25) is 5.02 Å². The molecule has 4 aromatic rings. The van der Waals surface area contributed by atoms with E-state index in [1.807, 2.05) is 6.07 Å². The standard InChI is InChI=1S/C24H19ClF2N5OP.CH2F2/c1-13-21(25)24(30-12-16-8-14(10-28)4-6-17(16)26)23-19(31-13)9-18(27)22(32-23)15-5-7-20(29-11-15)34(2,3)33;2-1-3/h4-9,11H,12H2,1-3H3,(H,30,31);1H2. The maximum absolute atomic E-state index is 15.0. The molecule has 0 aliphatic rings. The number of aromatic nitrogens is 3. The molecule has 1 aromatic carbocycles. The first-order valence-electron chi connectivity index (χ1n) is 10.7. The van der Waals surface area contributed by atoms with Crippen LogP contribution in [0.5, 0.6) is 0 Å². The second-order valence-electron chi connectivity index (χ2n) is 8.20. The number of benzene rings is 1. The van der Waals surface area contributed by atoms with Crippen LogP contribution in [-0.4, -0.2) is 35.2 Å². The highest BCUT2D eigenvalue weighted by atomic mass is 35.5. The van der Waals surface area contributed by atoms with Gasteiger partial charge in [-0.05, 0) is 50.6 Å². The number of anilines is 1. The molecule has 0 saturated carbocycles. The molecule has 1 N–H and O–H groups in total. The summed E-state index contributed by atoms with van der Waals surface area (Å²) < 4.78 is 60.7. The van der Waals surface area contributed by atoms with Gasteiger partial charge < -0.3 is 9.88 Å². The lowest BCUT2D eigenvalue weighted by atomic mass is 10.1. The topological polar surface area (TPSA) is 91.6 Å². The van der Waals surface area contributed by atoms with Crippen molar-refractivity contribution in [3.05, 3.63) is 76.1 Å². The van der Waals surface area contributed by atoms with Crippen LogP contribution in [0.3, 0.4) is 0 Å². The maximum Gasteiger partial charge on any atom is 0.229 e. The number of pyridine rings is 3. The molecule has 37 heavy (non-hydrogen) atoms. The van der Waals surface area contributed by atoms with Crippen LogP contribution in [0.15, 0.2) is 42.6 Å². The Morgan fingerprint density at radius 1 is 1.08 bits per heavy atom. The summed E-state index contributed by atoms with van der Waals surface area (Å²) in [6.07, 6.45) is 1.42. The van der Waals surface area contributed by atoms with E-state index in [-0.39, 0.29) is 28.3 Å². The Morgan fingerprint density at radius 2 is 1.78 bits per heavy atom. The van der Waals surface area contributed by atoms with Crippen molar-refractivity contribution in [3.63, 3.8) is 0 Å². The third kappa shape index (κ3) is 6.43. The second kappa shape index (κ2) is 11.7. The van der Waals surface area contributed by atoms with Crippen LogP contribution in [0, 0.1) is 29.9 Å². The summed E-state index contributed by atoms with van der Waals surface area (Å²) >= 11 is 6.50. The average Bonchev–Trinajstić information content (AvgIpc) is 2.85. The number of hydrogen-bond acceptors (Lipinski definition) is 6. The van der Waals surface area contributed by atoms with Gasteiger partial charge in [0.25, 0.3) is 0 Å². The molecule has 0 saturated heterocycles. The zero-order chi connectivity index (χ0) is 27.3. The van der Waals surface area contributed by atoms with Crippen LogP contribution >= 0.6 is 18.7 Å². The van der Waals surface area contributed by atoms with Gasteiger partial charge in [-0.1, -0.05) is 11.6 Å². The predicted octanol–water partition coefficient (Wildman–Crippen LogP) is 6.55. The van der Waals surface area contributed by atoms with E-state index >= 15 is 0 Å². The summed E-state index contributed by atoms with van der Waals surface area (Å²) in [7, 11) is -2.56. The van der Waals surface area contributed by atoms with Crippen LogP contribution in [0.1, 0.15) is 16.8 Å². The van der Waals surface area contributed by atoms with Gasteiger partial charge in [0.05, 0.1) is 39.0 Å². The normalized spacial score (nSPS) is 11.0. The van der Waals surface area contributed by atoms with Gasteiger partial charge in [0.1, 0.15) is 24.2 Å². The van der Waals surface area contributed by atoms with Crippen molar-refractivity contribution >= 4 is 40.9 Å². The number of hydrogen-bond donors (Lipinski definition) is 1. The van der Waals surface area contributed by atoms with Gasteiger partial charge in [0, 0.05) is 29.9 Å². The molecule has 4 rings (SSSR count). The zero-order valence-corrected chi connectivity index (χ0v) is 21.6. The largest absolute Gasteiger partial charge is 0.378 e. The van der Waals surface area contributed by atoms with Crippen molar-refractivity contribution in [2.24, 2.45) is 0 Å². The lowest BCUT2D eigenvalue weighted by molar-refractivity contribution is 0.295. The second-order valence-corrected chi connectivity index (χ2v) is 11.7. The Hall–Kier alpha value is -3.54. The third-order valence-corrected chi connectivity index (χ3v) is 7.05. The number of fused-ring (bicyclic) bond motifs is 1. The first-order valence-corrected chi connectivity index (χ1v) is 13.7. The van der Waals surface area contributed by atoms with Crippen molar-refractivity contribution in [2.45, 2.75) is 13.5 Å². The first kappa shape index (κ1) is 28.0. The quantitative estimate of drug-likeness (QED) is 0.224. The first-order chi connectivity index (χ1) is 17.5.